The molecule has 4 heteroatoms. The Bertz CT molecular complexity index is 815. The summed E-state index contributed by atoms with van der Waals surface area (Å²) in [5.74, 6) is 2.28. The van der Waals surface area contributed by atoms with Crippen molar-refractivity contribution in [2.75, 3.05) is 21.3 Å². The summed E-state index contributed by atoms with van der Waals surface area (Å²) in [6.45, 7) is 0. The highest BCUT2D eigenvalue weighted by molar-refractivity contribution is 6.00. The molecule has 2 aromatic carbocycles. The predicted molar refractivity (Wildman–Crippen MR) is 86.8 cm³/mol. The first-order valence-corrected chi connectivity index (χ1v) is 6.91. The summed E-state index contributed by atoms with van der Waals surface area (Å²) in [6.07, 6.45) is 3.62. The fourth-order valence-electron chi connectivity index (χ4n) is 2.60. The lowest BCUT2D eigenvalue weighted by atomic mass is 9.97. The number of fused-ring (bicyclic) bond motifs is 1. The molecule has 4 nitrogen and oxygen atoms in total. The van der Waals surface area contributed by atoms with Crippen LogP contribution in [0.4, 0.5) is 0 Å². The normalized spacial score (nSPS) is 10.5. The predicted octanol–water partition coefficient (Wildman–Crippen LogP) is 3.93. The molecule has 0 saturated carbocycles. The standard InChI is InChI=1S/C18H17NO3/c1-20-13-5-6-15(17(10-13)22-3)18-14-8-9-19-11-12(14)4-7-16(18)21-2/h4-11H,1-3H3. The number of ether oxygens (including phenoxy) is 3. The van der Waals surface area contributed by atoms with Crippen LogP contribution in [0.25, 0.3) is 21.9 Å². The molecule has 3 rings (SSSR count). The molecule has 0 aliphatic rings. The van der Waals surface area contributed by atoms with Crippen molar-refractivity contribution in [2.45, 2.75) is 0 Å². The molecule has 0 bridgehead atoms. The van der Waals surface area contributed by atoms with E-state index in [1.807, 2.05) is 42.6 Å². The van der Waals surface area contributed by atoms with E-state index in [0.29, 0.717) is 0 Å². The average molecular weight is 295 g/mol. The summed E-state index contributed by atoms with van der Waals surface area (Å²) in [5, 5.41) is 2.12. The highest BCUT2D eigenvalue weighted by Gasteiger charge is 2.15. The van der Waals surface area contributed by atoms with Gasteiger partial charge in [0.05, 0.1) is 21.3 Å². The van der Waals surface area contributed by atoms with Gasteiger partial charge in [0.25, 0.3) is 0 Å². The lowest BCUT2D eigenvalue weighted by molar-refractivity contribution is 0.394. The van der Waals surface area contributed by atoms with Gasteiger partial charge in [-0.2, -0.15) is 0 Å². The number of benzene rings is 2. The zero-order chi connectivity index (χ0) is 15.5. The molecule has 0 aliphatic carbocycles. The zero-order valence-corrected chi connectivity index (χ0v) is 12.8. The van der Waals surface area contributed by atoms with E-state index >= 15 is 0 Å². The number of aromatic nitrogens is 1. The largest absolute Gasteiger partial charge is 0.497 e. The Kier molecular flexibility index (Phi) is 3.83. The fourth-order valence-corrected chi connectivity index (χ4v) is 2.60. The summed E-state index contributed by atoms with van der Waals surface area (Å²) in [4.78, 5) is 4.18. The van der Waals surface area contributed by atoms with Crippen LogP contribution in [0.15, 0.2) is 48.8 Å². The van der Waals surface area contributed by atoms with Crippen LogP contribution in [0.3, 0.4) is 0 Å². The van der Waals surface area contributed by atoms with Crippen molar-refractivity contribution in [1.82, 2.24) is 4.98 Å². The molecule has 1 aromatic heterocycles. The summed E-state index contributed by atoms with van der Waals surface area (Å²) < 4.78 is 16.4. The molecule has 0 atom stereocenters. The molecular weight excluding hydrogens is 278 g/mol. The molecule has 1 heterocycles. The van der Waals surface area contributed by atoms with Gasteiger partial charge in [0.15, 0.2) is 0 Å². The van der Waals surface area contributed by atoms with Crippen molar-refractivity contribution in [3.63, 3.8) is 0 Å². The third-order valence-electron chi connectivity index (χ3n) is 3.68. The number of nitrogens with zero attached hydrogens (tertiary/aromatic N) is 1. The van der Waals surface area contributed by atoms with Gasteiger partial charge in [-0.3, -0.25) is 4.98 Å². The SMILES string of the molecule is COc1ccc(-c2c(OC)ccc3cnccc23)c(OC)c1. The molecular formula is C18H17NO3. The van der Waals surface area contributed by atoms with Crippen molar-refractivity contribution in [3.8, 4) is 28.4 Å². The van der Waals surface area contributed by atoms with Gasteiger partial charge in [0.2, 0.25) is 0 Å². The molecule has 0 amide bonds. The topological polar surface area (TPSA) is 40.6 Å². The van der Waals surface area contributed by atoms with Gasteiger partial charge in [-0.05, 0) is 35.7 Å². The van der Waals surface area contributed by atoms with E-state index in [-0.39, 0.29) is 0 Å². The number of methoxy groups -OCH3 is 3. The number of rotatable bonds is 4. The summed E-state index contributed by atoms with van der Waals surface area (Å²) >= 11 is 0. The molecule has 0 aliphatic heterocycles. The number of pyridine rings is 1. The third-order valence-corrected chi connectivity index (χ3v) is 3.68. The molecule has 0 fully saturated rings. The molecule has 22 heavy (non-hydrogen) atoms. The minimum Gasteiger partial charge on any atom is -0.497 e. The van der Waals surface area contributed by atoms with Gasteiger partial charge in [-0.1, -0.05) is 0 Å². The molecule has 0 spiro atoms. The lowest BCUT2D eigenvalue weighted by Crippen LogP contribution is -1.94. The Balaban J connectivity index is 2.33. The summed E-state index contributed by atoms with van der Waals surface area (Å²) in [6, 6.07) is 11.7. The van der Waals surface area contributed by atoms with Crippen molar-refractivity contribution >= 4 is 10.8 Å². The molecule has 3 aromatic rings. The van der Waals surface area contributed by atoms with Gasteiger partial charge >= 0.3 is 0 Å². The van der Waals surface area contributed by atoms with Crippen LogP contribution in [0.2, 0.25) is 0 Å². The second-order valence-corrected chi connectivity index (χ2v) is 4.81. The Hall–Kier alpha value is -2.75. The molecule has 0 N–H and O–H groups in total. The zero-order valence-electron chi connectivity index (χ0n) is 12.8. The van der Waals surface area contributed by atoms with Gasteiger partial charge in [-0.25, -0.2) is 0 Å². The quantitative estimate of drug-likeness (QED) is 0.731. The number of hydrogen-bond donors (Lipinski definition) is 0. The highest BCUT2D eigenvalue weighted by Crippen LogP contribution is 2.42. The average Bonchev–Trinajstić information content (AvgIpc) is 2.60. The van der Waals surface area contributed by atoms with Crippen molar-refractivity contribution < 1.29 is 14.2 Å². The van der Waals surface area contributed by atoms with Crippen LogP contribution >= 0.6 is 0 Å². The van der Waals surface area contributed by atoms with E-state index < -0.39 is 0 Å². The van der Waals surface area contributed by atoms with E-state index in [2.05, 4.69) is 4.98 Å². The van der Waals surface area contributed by atoms with Crippen LogP contribution in [0.1, 0.15) is 0 Å². The van der Waals surface area contributed by atoms with Crippen LogP contribution in [0.5, 0.6) is 17.2 Å². The van der Waals surface area contributed by atoms with Crippen LogP contribution < -0.4 is 14.2 Å². The van der Waals surface area contributed by atoms with E-state index in [9.17, 15) is 0 Å². The molecule has 0 radical (unpaired) electrons. The van der Waals surface area contributed by atoms with Crippen LogP contribution in [-0.4, -0.2) is 26.3 Å². The Labute approximate surface area is 129 Å². The van der Waals surface area contributed by atoms with Crippen molar-refractivity contribution in [3.05, 3.63) is 48.8 Å². The monoisotopic (exact) mass is 295 g/mol. The maximum atomic E-state index is 5.56. The van der Waals surface area contributed by atoms with Crippen molar-refractivity contribution in [1.29, 1.82) is 0 Å². The van der Waals surface area contributed by atoms with Crippen LogP contribution in [-0.2, 0) is 0 Å². The van der Waals surface area contributed by atoms with Gasteiger partial charge in [0, 0.05) is 35.0 Å². The van der Waals surface area contributed by atoms with E-state index in [1.54, 1.807) is 27.5 Å². The second-order valence-electron chi connectivity index (χ2n) is 4.81. The highest BCUT2D eigenvalue weighted by atomic mass is 16.5. The lowest BCUT2D eigenvalue weighted by Gasteiger charge is -2.15. The Morgan fingerprint density at radius 3 is 2.36 bits per heavy atom. The first-order chi connectivity index (χ1) is 10.8. The van der Waals surface area contributed by atoms with Crippen LogP contribution in [0, 0.1) is 0 Å². The van der Waals surface area contributed by atoms with E-state index in [1.165, 1.54) is 0 Å². The Morgan fingerprint density at radius 2 is 1.64 bits per heavy atom. The summed E-state index contributed by atoms with van der Waals surface area (Å²) in [7, 11) is 4.96. The van der Waals surface area contributed by atoms with E-state index in [0.717, 1.165) is 39.1 Å². The third kappa shape index (κ3) is 2.33. The fraction of sp³-hybridized carbons (Fsp3) is 0.167. The first kappa shape index (κ1) is 14.2. The van der Waals surface area contributed by atoms with Gasteiger partial charge in [-0.15, -0.1) is 0 Å². The van der Waals surface area contributed by atoms with Crippen molar-refractivity contribution in [2.24, 2.45) is 0 Å². The van der Waals surface area contributed by atoms with Gasteiger partial charge in [0.1, 0.15) is 17.2 Å². The second kappa shape index (κ2) is 5.93. The summed E-state index contributed by atoms with van der Waals surface area (Å²) in [5.41, 5.74) is 1.94. The Morgan fingerprint density at radius 1 is 0.818 bits per heavy atom. The van der Waals surface area contributed by atoms with E-state index in [4.69, 9.17) is 14.2 Å². The maximum Gasteiger partial charge on any atom is 0.130 e. The smallest absolute Gasteiger partial charge is 0.130 e. The minimum absolute atomic E-state index is 0.738. The first-order valence-electron chi connectivity index (χ1n) is 6.91. The maximum absolute atomic E-state index is 5.56. The molecule has 112 valence electrons. The minimum atomic E-state index is 0.738. The molecule has 0 unspecified atom stereocenters. The molecule has 0 saturated heterocycles. The number of hydrogen-bond acceptors (Lipinski definition) is 4. The van der Waals surface area contributed by atoms with Gasteiger partial charge < -0.3 is 14.2 Å².